The van der Waals surface area contributed by atoms with Gasteiger partial charge in [0.15, 0.2) is 6.10 Å². The van der Waals surface area contributed by atoms with Crippen LogP contribution in [0, 0.1) is 0 Å². The van der Waals surface area contributed by atoms with Crippen LogP contribution in [-0.4, -0.2) is 53.0 Å². The van der Waals surface area contributed by atoms with E-state index in [0.717, 1.165) is 25.5 Å². The zero-order valence-corrected chi connectivity index (χ0v) is 17.8. The van der Waals surface area contributed by atoms with Gasteiger partial charge in [0.1, 0.15) is 5.75 Å². The normalized spacial score (nSPS) is 16.0. The number of anilines is 1. The van der Waals surface area contributed by atoms with Crippen LogP contribution in [0.5, 0.6) is 5.75 Å². The molecule has 0 aromatic heterocycles. The highest BCUT2D eigenvalue weighted by Crippen LogP contribution is 2.22. The van der Waals surface area contributed by atoms with E-state index in [1.165, 1.54) is 24.2 Å². The van der Waals surface area contributed by atoms with Crippen molar-refractivity contribution in [2.45, 2.75) is 57.7 Å². The fourth-order valence-corrected chi connectivity index (χ4v) is 3.62. The third-order valence-electron chi connectivity index (χ3n) is 4.92. The molecule has 1 aliphatic rings. The Morgan fingerprint density at radius 3 is 2.46 bits per heavy atom. The minimum atomic E-state index is -3.31. The summed E-state index contributed by atoms with van der Waals surface area (Å²) in [5.41, 5.74) is 0.537. The predicted octanol–water partition coefficient (Wildman–Crippen LogP) is 2.71. The largest absolute Gasteiger partial charge is 0.481 e. The average molecular weight is 413 g/mol. The molecule has 1 atom stereocenters. The summed E-state index contributed by atoms with van der Waals surface area (Å²) in [7, 11) is -1.82. The Balaban J connectivity index is 1.76. The van der Waals surface area contributed by atoms with Crippen molar-refractivity contribution in [3.63, 3.8) is 0 Å². The highest BCUT2D eigenvalue weighted by atomic mass is 32.2. The summed E-state index contributed by atoms with van der Waals surface area (Å²) < 4.78 is 35.9. The van der Waals surface area contributed by atoms with Gasteiger partial charge < -0.3 is 14.8 Å². The fraction of sp³-hybridized carbons (Fsp3) is 0.650. The van der Waals surface area contributed by atoms with E-state index in [0.29, 0.717) is 37.1 Å². The van der Waals surface area contributed by atoms with Crippen molar-refractivity contribution in [1.82, 2.24) is 5.32 Å². The molecular formula is C20H32N2O5S. The first-order valence-electron chi connectivity index (χ1n) is 9.91. The second-order valence-electron chi connectivity index (χ2n) is 7.16. The van der Waals surface area contributed by atoms with Crippen LogP contribution >= 0.6 is 0 Å². The van der Waals surface area contributed by atoms with Gasteiger partial charge in [0.2, 0.25) is 10.0 Å². The van der Waals surface area contributed by atoms with Crippen LogP contribution in [0.3, 0.4) is 0 Å². The lowest BCUT2D eigenvalue weighted by Crippen LogP contribution is -2.38. The number of hydrogen-bond donors (Lipinski definition) is 1. The molecule has 0 unspecified atom stereocenters. The number of ether oxygens (including phenoxy) is 2. The Kier molecular flexibility index (Phi) is 8.57. The first-order valence-corrected chi connectivity index (χ1v) is 11.8. The molecule has 1 amide bonds. The molecule has 8 heteroatoms. The first-order chi connectivity index (χ1) is 13.3. The Hall–Kier alpha value is -1.80. The lowest BCUT2D eigenvalue weighted by molar-refractivity contribution is -0.128. The number of amides is 1. The molecule has 1 fully saturated rings. The number of benzene rings is 1. The SMILES string of the molecule is CC[C@@H](Oc1ccc(N(C)S(C)(=O)=O)cc1)C(=O)NCCCOC1CCCC1. The Bertz CT molecular complexity index is 715. The second-order valence-corrected chi connectivity index (χ2v) is 9.17. The maximum absolute atomic E-state index is 12.3. The van der Waals surface area contributed by atoms with E-state index in [9.17, 15) is 13.2 Å². The molecule has 2 rings (SSSR count). The van der Waals surface area contributed by atoms with Crippen molar-refractivity contribution in [3.05, 3.63) is 24.3 Å². The van der Waals surface area contributed by atoms with Crippen LogP contribution in [0.1, 0.15) is 45.4 Å². The van der Waals surface area contributed by atoms with Crippen molar-refractivity contribution < 1.29 is 22.7 Å². The monoisotopic (exact) mass is 412 g/mol. The molecule has 1 N–H and O–H groups in total. The summed E-state index contributed by atoms with van der Waals surface area (Å²) in [6.07, 6.45) is 7.08. The van der Waals surface area contributed by atoms with E-state index in [-0.39, 0.29) is 5.91 Å². The molecule has 0 heterocycles. The molecule has 0 spiro atoms. The maximum atomic E-state index is 12.3. The highest BCUT2D eigenvalue weighted by molar-refractivity contribution is 7.92. The molecular weight excluding hydrogens is 380 g/mol. The topological polar surface area (TPSA) is 84.9 Å². The molecule has 1 aromatic carbocycles. The average Bonchev–Trinajstić information content (AvgIpc) is 3.18. The highest BCUT2D eigenvalue weighted by Gasteiger charge is 2.19. The molecule has 0 radical (unpaired) electrons. The molecule has 1 aromatic rings. The van der Waals surface area contributed by atoms with Gasteiger partial charge in [-0.15, -0.1) is 0 Å². The van der Waals surface area contributed by atoms with Gasteiger partial charge in [-0.2, -0.15) is 0 Å². The predicted molar refractivity (Wildman–Crippen MR) is 110 cm³/mol. The van der Waals surface area contributed by atoms with Gasteiger partial charge >= 0.3 is 0 Å². The summed E-state index contributed by atoms with van der Waals surface area (Å²) in [6.45, 7) is 3.11. The van der Waals surface area contributed by atoms with Gasteiger partial charge in [-0.25, -0.2) is 8.42 Å². The number of nitrogens with one attached hydrogen (secondary N) is 1. The molecule has 28 heavy (non-hydrogen) atoms. The third kappa shape index (κ3) is 6.98. The van der Waals surface area contributed by atoms with Crippen LogP contribution in [0.15, 0.2) is 24.3 Å². The molecule has 1 aliphatic carbocycles. The Labute approximate surface area is 168 Å². The number of carbonyl (C=O) groups is 1. The van der Waals surface area contributed by atoms with Crippen molar-refractivity contribution in [1.29, 1.82) is 0 Å². The lowest BCUT2D eigenvalue weighted by Gasteiger charge is -2.19. The number of nitrogens with zero attached hydrogens (tertiary/aromatic N) is 1. The van der Waals surface area contributed by atoms with Gasteiger partial charge in [-0.05, 0) is 49.9 Å². The standard InChI is InChI=1S/C20H32N2O5S/c1-4-19(20(23)21-14-7-15-26-17-8-5-6-9-17)27-18-12-10-16(11-13-18)22(2)28(3,24)25/h10-13,17,19H,4-9,14-15H2,1-3H3,(H,21,23)/t19-/m1/s1. The molecule has 158 valence electrons. The van der Waals surface area contributed by atoms with Crippen molar-refractivity contribution >= 4 is 21.6 Å². The Morgan fingerprint density at radius 1 is 1.25 bits per heavy atom. The van der Waals surface area contributed by atoms with E-state index >= 15 is 0 Å². The summed E-state index contributed by atoms with van der Waals surface area (Å²) in [4.78, 5) is 12.3. The summed E-state index contributed by atoms with van der Waals surface area (Å²) in [6, 6.07) is 6.65. The molecule has 0 saturated heterocycles. The van der Waals surface area contributed by atoms with E-state index in [1.54, 1.807) is 24.3 Å². The maximum Gasteiger partial charge on any atom is 0.261 e. The zero-order valence-electron chi connectivity index (χ0n) is 17.0. The molecule has 7 nitrogen and oxygen atoms in total. The second kappa shape index (κ2) is 10.7. The van der Waals surface area contributed by atoms with Crippen molar-refractivity contribution in [2.24, 2.45) is 0 Å². The third-order valence-corrected chi connectivity index (χ3v) is 6.12. The van der Waals surface area contributed by atoms with Crippen molar-refractivity contribution in [2.75, 3.05) is 30.8 Å². The zero-order chi connectivity index (χ0) is 20.6. The summed E-state index contributed by atoms with van der Waals surface area (Å²) >= 11 is 0. The van der Waals surface area contributed by atoms with Gasteiger partial charge in [-0.3, -0.25) is 9.10 Å². The fourth-order valence-electron chi connectivity index (χ4n) is 3.12. The van der Waals surface area contributed by atoms with Crippen LogP contribution in [-0.2, 0) is 19.6 Å². The quantitative estimate of drug-likeness (QED) is 0.565. The van der Waals surface area contributed by atoms with Gasteiger partial charge in [0.25, 0.3) is 5.91 Å². The summed E-state index contributed by atoms with van der Waals surface area (Å²) in [5.74, 6) is 0.373. The van der Waals surface area contributed by atoms with Crippen LogP contribution in [0.2, 0.25) is 0 Å². The van der Waals surface area contributed by atoms with Crippen LogP contribution in [0.25, 0.3) is 0 Å². The molecule has 0 aliphatic heterocycles. The summed E-state index contributed by atoms with van der Waals surface area (Å²) in [5, 5.41) is 2.90. The molecule has 0 bridgehead atoms. The van der Waals surface area contributed by atoms with Crippen LogP contribution < -0.4 is 14.4 Å². The smallest absolute Gasteiger partial charge is 0.261 e. The number of hydrogen-bond acceptors (Lipinski definition) is 5. The number of carbonyl (C=O) groups excluding carboxylic acids is 1. The Morgan fingerprint density at radius 2 is 1.89 bits per heavy atom. The van der Waals surface area contributed by atoms with E-state index in [2.05, 4.69) is 5.32 Å². The van der Waals surface area contributed by atoms with Crippen LogP contribution in [0.4, 0.5) is 5.69 Å². The number of rotatable bonds is 11. The van der Waals surface area contributed by atoms with Gasteiger partial charge in [0.05, 0.1) is 18.0 Å². The minimum Gasteiger partial charge on any atom is -0.481 e. The van der Waals surface area contributed by atoms with E-state index in [4.69, 9.17) is 9.47 Å². The first kappa shape index (κ1) is 22.5. The van der Waals surface area contributed by atoms with Gasteiger partial charge in [-0.1, -0.05) is 19.8 Å². The lowest BCUT2D eigenvalue weighted by atomic mass is 10.2. The van der Waals surface area contributed by atoms with E-state index < -0.39 is 16.1 Å². The molecule has 1 saturated carbocycles. The van der Waals surface area contributed by atoms with Gasteiger partial charge in [0, 0.05) is 20.2 Å². The van der Waals surface area contributed by atoms with Crippen molar-refractivity contribution in [3.8, 4) is 5.75 Å². The minimum absolute atomic E-state index is 0.152. The number of sulfonamides is 1. The van der Waals surface area contributed by atoms with E-state index in [1.807, 2.05) is 6.92 Å².